The van der Waals surface area contributed by atoms with Crippen molar-refractivity contribution in [3.05, 3.63) is 34.9 Å². The number of nitrogens with zero attached hydrogens (tertiary/aromatic N) is 1. The average Bonchev–Trinajstić information content (AvgIpc) is 2.77. The first-order valence-electron chi connectivity index (χ1n) is 6.24. The number of hydrogen-bond donors (Lipinski definition) is 3. The third-order valence-corrected chi connectivity index (χ3v) is 3.45. The van der Waals surface area contributed by atoms with E-state index in [1.54, 1.807) is 0 Å². The Bertz CT molecular complexity index is 603. The van der Waals surface area contributed by atoms with E-state index in [4.69, 9.17) is 17.3 Å². The Morgan fingerprint density at radius 2 is 1.78 bits per heavy atom. The van der Waals surface area contributed by atoms with E-state index in [0.717, 1.165) is 11.1 Å². The lowest BCUT2D eigenvalue weighted by atomic mass is 10.0. The molecular weight excluding hydrogens is 348 g/mol. The maximum absolute atomic E-state index is 13.0. The van der Waals surface area contributed by atoms with Crippen LogP contribution in [-0.4, -0.2) is 28.0 Å². The normalized spacial score (nSPS) is 19.2. The minimum atomic E-state index is -4.94. The first-order chi connectivity index (χ1) is 10.5. The number of nitrogens with one attached hydrogen (secondary N) is 2. The Balaban J connectivity index is 2.33. The van der Waals surface area contributed by atoms with E-state index in [-0.39, 0.29) is 23.3 Å². The van der Waals surface area contributed by atoms with Crippen LogP contribution in [-0.2, 0) is 18.9 Å². The van der Waals surface area contributed by atoms with Gasteiger partial charge < -0.3 is 10.4 Å². The highest BCUT2D eigenvalue weighted by molar-refractivity contribution is 7.80. The Kier molecular flexibility index (Phi) is 4.74. The molecule has 1 heterocycles. The summed E-state index contributed by atoms with van der Waals surface area (Å²) < 4.78 is 76.9. The second kappa shape index (κ2) is 6.13. The van der Waals surface area contributed by atoms with Gasteiger partial charge in [-0.15, -0.1) is 0 Å². The molecule has 1 atom stereocenters. The first-order valence-corrected chi connectivity index (χ1v) is 6.65. The summed E-state index contributed by atoms with van der Waals surface area (Å²) in [6, 6.07) is 1.42. The maximum Gasteiger partial charge on any atom is 0.416 e. The number of benzene rings is 1. The van der Waals surface area contributed by atoms with Gasteiger partial charge in [-0.1, -0.05) is 6.07 Å². The van der Waals surface area contributed by atoms with Crippen LogP contribution in [0.3, 0.4) is 0 Å². The molecule has 1 fully saturated rings. The quantitative estimate of drug-likeness (QED) is 0.571. The van der Waals surface area contributed by atoms with Crippen LogP contribution in [0.2, 0.25) is 0 Å². The molecule has 11 heteroatoms. The van der Waals surface area contributed by atoms with Gasteiger partial charge in [0.25, 0.3) is 0 Å². The van der Waals surface area contributed by atoms with E-state index in [2.05, 4.69) is 10.7 Å². The molecule has 3 N–H and O–H groups in total. The molecule has 1 unspecified atom stereocenters. The van der Waals surface area contributed by atoms with Crippen LogP contribution >= 0.6 is 12.2 Å². The molecule has 1 saturated heterocycles. The highest BCUT2D eigenvalue weighted by atomic mass is 32.1. The standard InChI is InChI=1S/C12H11F6N3OS/c13-11(14,15)7-2-1-6(8(3-7)12(16,17)18)4-21-10(23)19-9(5-22)20-21/h1-3,9,20,22H,4-5H2,(H,19,23). The zero-order valence-corrected chi connectivity index (χ0v) is 12.1. The number of aliphatic hydroxyl groups is 1. The molecule has 0 amide bonds. The van der Waals surface area contributed by atoms with Crippen LogP contribution in [0.15, 0.2) is 18.2 Å². The molecule has 0 saturated carbocycles. The van der Waals surface area contributed by atoms with Crippen molar-refractivity contribution < 1.29 is 31.4 Å². The largest absolute Gasteiger partial charge is 0.416 e. The fourth-order valence-electron chi connectivity index (χ4n) is 2.03. The van der Waals surface area contributed by atoms with Gasteiger partial charge in [-0.25, -0.2) is 5.43 Å². The smallest absolute Gasteiger partial charge is 0.393 e. The molecule has 1 aliphatic rings. The first kappa shape index (κ1) is 17.8. The van der Waals surface area contributed by atoms with Crippen LogP contribution in [0.4, 0.5) is 26.3 Å². The van der Waals surface area contributed by atoms with Crippen molar-refractivity contribution in [2.24, 2.45) is 0 Å². The summed E-state index contributed by atoms with van der Waals surface area (Å²) in [6.07, 6.45) is -10.5. The van der Waals surface area contributed by atoms with Gasteiger partial charge in [-0.05, 0) is 29.9 Å². The number of hydrogen-bond acceptors (Lipinski definition) is 3. The molecule has 1 aromatic carbocycles. The topological polar surface area (TPSA) is 47.5 Å². The second-order valence-electron chi connectivity index (χ2n) is 4.77. The van der Waals surface area contributed by atoms with E-state index >= 15 is 0 Å². The molecule has 23 heavy (non-hydrogen) atoms. The van der Waals surface area contributed by atoms with Crippen molar-refractivity contribution >= 4 is 17.3 Å². The molecule has 1 aliphatic heterocycles. The number of rotatable bonds is 3. The molecule has 1 aromatic rings. The lowest BCUT2D eigenvalue weighted by Gasteiger charge is -2.21. The van der Waals surface area contributed by atoms with Crippen LogP contribution < -0.4 is 10.7 Å². The Hall–Kier alpha value is -1.59. The maximum atomic E-state index is 13.0. The predicted octanol–water partition coefficient (Wildman–Crippen LogP) is 2.24. The van der Waals surface area contributed by atoms with Crippen LogP contribution in [0, 0.1) is 0 Å². The van der Waals surface area contributed by atoms with E-state index in [1.807, 2.05) is 0 Å². The zero-order chi connectivity index (χ0) is 17.4. The minimum absolute atomic E-state index is 0.0390. The summed E-state index contributed by atoms with van der Waals surface area (Å²) in [7, 11) is 0. The monoisotopic (exact) mass is 359 g/mol. The number of halogens is 6. The Labute approximate surface area is 132 Å². The highest BCUT2D eigenvalue weighted by Crippen LogP contribution is 2.37. The molecule has 0 radical (unpaired) electrons. The van der Waals surface area contributed by atoms with Gasteiger partial charge in [-0.3, -0.25) is 5.01 Å². The van der Waals surface area contributed by atoms with Gasteiger partial charge in [0.1, 0.15) is 6.17 Å². The summed E-state index contributed by atoms with van der Waals surface area (Å²) in [5.74, 6) is 0. The van der Waals surface area contributed by atoms with Crippen LogP contribution in [0.25, 0.3) is 0 Å². The van der Waals surface area contributed by atoms with Gasteiger partial charge in [-0.2, -0.15) is 26.3 Å². The minimum Gasteiger partial charge on any atom is -0.393 e. The van der Waals surface area contributed by atoms with Crippen molar-refractivity contribution in [2.45, 2.75) is 25.1 Å². The third-order valence-electron chi connectivity index (χ3n) is 3.11. The highest BCUT2D eigenvalue weighted by Gasteiger charge is 2.38. The molecule has 0 aliphatic carbocycles. The molecule has 0 spiro atoms. The Morgan fingerprint density at radius 3 is 2.26 bits per heavy atom. The predicted molar refractivity (Wildman–Crippen MR) is 71.7 cm³/mol. The van der Waals surface area contributed by atoms with Crippen molar-refractivity contribution in [2.75, 3.05) is 6.61 Å². The summed E-state index contributed by atoms with van der Waals surface area (Å²) >= 11 is 4.88. The lowest BCUT2D eigenvalue weighted by Crippen LogP contribution is -2.39. The molecule has 0 aromatic heterocycles. The van der Waals surface area contributed by atoms with E-state index in [9.17, 15) is 26.3 Å². The number of thiocarbonyl (C=S) groups is 1. The SMILES string of the molecule is OCC1NC(=S)N(Cc2ccc(C(F)(F)F)cc2C(F)(F)F)N1. The lowest BCUT2D eigenvalue weighted by molar-refractivity contribution is -0.143. The van der Waals surface area contributed by atoms with Crippen molar-refractivity contribution in [1.29, 1.82) is 0 Å². The van der Waals surface area contributed by atoms with E-state index < -0.39 is 36.2 Å². The summed E-state index contributed by atoms with van der Waals surface area (Å²) in [5.41, 5.74) is -0.533. The number of aliphatic hydroxyl groups excluding tert-OH is 1. The van der Waals surface area contributed by atoms with Gasteiger partial charge >= 0.3 is 12.4 Å². The third kappa shape index (κ3) is 4.03. The summed E-state index contributed by atoms with van der Waals surface area (Å²) in [6.45, 7) is -0.773. The van der Waals surface area contributed by atoms with Crippen LogP contribution in [0.1, 0.15) is 16.7 Å². The van der Waals surface area contributed by atoms with Crippen molar-refractivity contribution in [3.63, 3.8) is 0 Å². The molecule has 4 nitrogen and oxygen atoms in total. The van der Waals surface area contributed by atoms with Gasteiger partial charge in [0.2, 0.25) is 0 Å². The number of hydrazine groups is 1. The van der Waals surface area contributed by atoms with E-state index in [0.29, 0.717) is 6.07 Å². The molecular formula is C12H11F6N3OS. The zero-order valence-electron chi connectivity index (χ0n) is 11.3. The van der Waals surface area contributed by atoms with Gasteiger partial charge in [0.05, 0.1) is 24.3 Å². The number of alkyl halides is 6. The second-order valence-corrected chi connectivity index (χ2v) is 5.15. The van der Waals surface area contributed by atoms with Gasteiger partial charge in [0, 0.05) is 0 Å². The van der Waals surface area contributed by atoms with E-state index in [1.165, 1.54) is 0 Å². The molecule has 0 bridgehead atoms. The van der Waals surface area contributed by atoms with Crippen molar-refractivity contribution in [1.82, 2.24) is 15.8 Å². The Morgan fingerprint density at radius 1 is 1.13 bits per heavy atom. The average molecular weight is 359 g/mol. The fourth-order valence-corrected chi connectivity index (χ4v) is 2.29. The summed E-state index contributed by atoms with van der Waals surface area (Å²) in [4.78, 5) is 0. The van der Waals surface area contributed by atoms with Crippen LogP contribution in [0.5, 0.6) is 0 Å². The summed E-state index contributed by atoms with van der Waals surface area (Å²) in [5, 5.41) is 12.7. The van der Waals surface area contributed by atoms with Gasteiger partial charge in [0.15, 0.2) is 5.11 Å². The fraction of sp³-hybridized carbons (Fsp3) is 0.417. The molecule has 2 rings (SSSR count). The van der Waals surface area contributed by atoms with Crippen molar-refractivity contribution in [3.8, 4) is 0 Å². The molecule has 128 valence electrons.